The van der Waals surface area contributed by atoms with Crippen LogP contribution in [0.15, 0.2) is 60.7 Å². The number of piperazine rings is 1. The average molecular weight is 515 g/mol. The molecule has 2 heterocycles. The van der Waals surface area contributed by atoms with Crippen LogP contribution >= 0.6 is 0 Å². The molecule has 0 atom stereocenters. The monoisotopic (exact) mass is 514 g/mol. The first-order chi connectivity index (χ1) is 18.5. The van der Waals surface area contributed by atoms with E-state index in [9.17, 15) is 4.79 Å². The number of hydrogen-bond acceptors (Lipinski definition) is 6. The summed E-state index contributed by atoms with van der Waals surface area (Å²) in [5, 5.41) is 3.45. The number of anilines is 2. The summed E-state index contributed by atoms with van der Waals surface area (Å²) in [6, 6.07) is 20.5. The van der Waals surface area contributed by atoms with Crippen molar-refractivity contribution in [1.29, 1.82) is 0 Å². The van der Waals surface area contributed by atoms with Crippen molar-refractivity contribution in [2.75, 3.05) is 64.2 Å². The molecule has 2 aliphatic rings. The average Bonchev–Trinajstić information content (AvgIpc) is 2.96. The second-order valence-electron chi connectivity index (χ2n) is 10.2. The van der Waals surface area contributed by atoms with E-state index in [1.165, 1.54) is 22.4 Å². The molecule has 0 radical (unpaired) electrons. The largest absolute Gasteiger partial charge is 0.497 e. The number of carbonyl (C=O) groups is 1. The van der Waals surface area contributed by atoms with Crippen LogP contribution in [0.2, 0.25) is 0 Å². The van der Waals surface area contributed by atoms with Gasteiger partial charge in [-0.2, -0.15) is 0 Å². The number of benzene rings is 3. The highest BCUT2D eigenvalue weighted by Gasteiger charge is 2.28. The Balaban J connectivity index is 1.22. The Morgan fingerprint density at radius 1 is 0.816 bits per heavy atom. The summed E-state index contributed by atoms with van der Waals surface area (Å²) < 4.78 is 10.9. The maximum absolute atomic E-state index is 13.4. The molecule has 1 amide bonds. The van der Waals surface area contributed by atoms with Crippen LogP contribution in [0.3, 0.4) is 0 Å². The molecule has 0 aliphatic carbocycles. The van der Waals surface area contributed by atoms with Gasteiger partial charge in [-0.15, -0.1) is 0 Å². The molecule has 1 fully saturated rings. The molecule has 7 nitrogen and oxygen atoms in total. The molecule has 0 aromatic heterocycles. The fourth-order valence-corrected chi connectivity index (χ4v) is 5.35. The zero-order valence-electron chi connectivity index (χ0n) is 22.7. The molecule has 0 unspecified atom stereocenters. The van der Waals surface area contributed by atoms with Crippen LogP contribution in [-0.2, 0) is 30.7 Å². The molecular weight excluding hydrogens is 476 g/mol. The van der Waals surface area contributed by atoms with Crippen molar-refractivity contribution in [1.82, 2.24) is 9.80 Å². The summed E-state index contributed by atoms with van der Waals surface area (Å²) >= 11 is 0. The summed E-state index contributed by atoms with van der Waals surface area (Å²) in [5.41, 5.74) is 6.99. The molecule has 1 N–H and O–H groups in total. The molecule has 7 heteroatoms. The van der Waals surface area contributed by atoms with E-state index in [1.54, 1.807) is 14.2 Å². The summed E-state index contributed by atoms with van der Waals surface area (Å²) in [5.74, 6) is 1.96. The number of nitrogens with zero attached hydrogens (tertiary/aromatic N) is 3. The number of nitrogens with one attached hydrogen (secondary N) is 1. The lowest BCUT2D eigenvalue weighted by Gasteiger charge is -2.38. The van der Waals surface area contributed by atoms with E-state index in [0.717, 1.165) is 68.4 Å². The topological polar surface area (TPSA) is 57.3 Å². The van der Waals surface area contributed by atoms with Gasteiger partial charge in [0.25, 0.3) is 0 Å². The van der Waals surface area contributed by atoms with Crippen molar-refractivity contribution in [3.63, 3.8) is 0 Å². The van der Waals surface area contributed by atoms with Gasteiger partial charge < -0.3 is 29.5 Å². The lowest BCUT2D eigenvalue weighted by atomic mass is 9.95. The number of carbonyl (C=O) groups excluding carboxylic acids is 1. The van der Waals surface area contributed by atoms with Crippen LogP contribution in [0.25, 0.3) is 0 Å². The zero-order valence-corrected chi connectivity index (χ0v) is 22.7. The van der Waals surface area contributed by atoms with Gasteiger partial charge in [0.2, 0.25) is 5.91 Å². The predicted octanol–water partition coefficient (Wildman–Crippen LogP) is 4.20. The lowest BCUT2D eigenvalue weighted by Crippen LogP contribution is -2.45. The molecule has 0 spiro atoms. The van der Waals surface area contributed by atoms with E-state index in [1.807, 2.05) is 41.3 Å². The highest BCUT2D eigenvalue weighted by Crippen LogP contribution is 2.36. The Morgan fingerprint density at radius 3 is 2.21 bits per heavy atom. The number of fused-ring (bicyclic) bond motifs is 1. The number of likely N-dealkylation sites (N-methyl/N-ethyl adjacent to an activating group) is 1. The van der Waals surface area contributed by atoms with Gasteiger partial charge in [-0.25, -0.2) is 0 Å². The van der Waals surface area contributed by atoms with Gasteiger partial charge in [-0.05, 0) is 61.0 Å². The minimum Gasteiger partial charge on any atom is -0.497 e. The Kier molecular flexibility index (Phi) is 8.03. The number of rotatable bonds is 8. The first-order valence-corrected chi connectivity index (χ1v) is 13.4. The third-order valence-electron chi connectivity index (χ3n) is 7.73. The van der Waals surface area contributed by atoms with Crippen molar-refractivity contribution in [2.24, 2.45) is 0 Å². The van der Waals surface area contributed by atoms with E-state index in [-0.39, 0.29) is 5.91 Å². The van der Waals surface area contributed by atoms with Crippen LogP contribution in [0.1, 0.15) is 22.3 Å². The molecular formula is C31H38N4O3. The molecule has 2 aliphatic heterocycles. The summed E-state index contributed by atoms with van der Waals surface area (Å²) in [6.45, 7) is 6.19. The quantitative estimate of drug-likeness (QED) is 0.487. The lowest BCUT2D eigenvalue weighted by molar-refractivity contribution is -0.131. The fraction of sp³-hybridized carbons (Fsp3) is 0.387. The third kappa shape index (κ3) is 5.89. The first-order valence-electron chi connectivity index (χ1n) is 13.4. The maximum Gasteiger partial charge on any atom is 0.227 e. The molecule has 3 aromatic carbocycles. The highest BCUT2D eigenvalue weighted by atomic mass is 16.5. The summed E-state index contributed by atoms with van der Waals surface area (Å²) in [6.07, 6.45) is 1.22. The number of hydrogen-bond donors (Lipinski definition) is 1. The smallest absolute Gasteiger partial charge is 0.227 e. The Hall–Kier alpha value is -3.71. The standard InChI is InChI=1S/C31H38N4O3/c1-33-16-18-34(19-17-33)29-12-13-30(38-3)27-14-15-35(22-28(27)29)31(36)20-23-4-8-25(9-5-23)32-21-24-6-10-26(37-2)11-7-24/h4-13,32H,14-22H2,1-3H3. The Morgan fingerprint density at radius 2 is 1.53 bits per heavy atom. The number of ether oxygens (including phenoxy) is 2. The van der Waals surface area contributed by atoms with Crippen molar-refractivity contribution < 1.29 is 14.3 Å². The van der Waals surface area contributed by atoms with Gasteiger partial charge in [0, 0.05) is 68.3 Å². The van der Waals surface area contributed by atoms with Gasteiger partial charge in [0.05, 0.1) is 20.6 Å². The summed E-state index contributed by atoms with van der Waals surface area (Å²) in [7, 11) is 5.58. The van der Waals surface area contributed by atoms with E-state index in [2.05, 4.69) is 46.4 Å². The van der Waals surface area contributed by atoms with Gasteiger partial charge in [-0.1, -0.05) is 24.3 Å². The fourth-order valence-electron chi connectivity index (χ4n) is 5.35. The maximum atomic E-state index is 13.4. The molecule has 1 saturated heterocycles. The molecule has 3 aromatic rings. The van der Waals surface area contributed by atoms with Crippen molar-refractivity contribution in [3.8, 4) is 11.5 Å². The second kappa shape index (κ2) is 11.8. The van der Waals surface area contributed by atoms with Crippen LogP contribution in [0, 0.1) is 0 Å². The van der Waals surface area contributed by atoms with Gasteiger partial charge >= 0.3 is 0 Å². The van der Waals surface area contributed by atoms with Gasteiger partial charge in [0.1, 0.15) is 11.5 Å². The molecule has 38 heavy (non-hydrogen) atoms. The van der Waals surface area contributed by atoms with Crippen molar-refractivity contribution in [3.05, 3.63) is 82.9 Å². The second-order valence-corrected chi connectivity index (χ2v) is 10.2. The molecule has 0 saturated carbocycles. The molecule has 0 bridgehead atoms. The normalized spacial score (nSPS) is 15.7. The number of methoxy groups -OCH3 is 2. The van der Waals surface area contributed by atoms with Crippen LogP contribution in [0.4, 0.5) is 11.4 Å². The minimum atomic E-state index is 0.168. The Labute approximate surface area is 225 Å². The Bertz CT molecular complexity index is 1240. The van der Waals surface area contributed by atoms with Crippen LogP contribution in [0.5, 0.6) is 11.5 Å². The summed E-state index contributed by atoms with van der Waals surface area (Å²) in [4.78, 5) is 20.2. The van der Waals surface area contributed by atoms with E-state index in [0.29, 0.717) is 13.0 Å². The van der Waals surface area contributed by atoms with Crippen LogP contribution < -0.4 is 19.7 Å². The van der Waals surface area contributed by atoms with E-state index < -0.39 is 0 Å². The van der Waals surface area contributed by atoms with E-state index in [4.69, 9.17) is 9.47 Å². The molecule has 5 rings (SSSR count). The third-order valence-corrected chi connectivity index (χ3v) is 7.73. The van der Waals surface area contributed by atoms with Gasteiger partial charge in [-0.3, -0.25) is 4.79 Å². The van der Waals surface area contributed by atoms with Crippen molar-refractivity contribution >= 4 is 17.3 Å². The minimum absolute atomic E-state index is 0.168. The van der Waals surface area contributed by atoms with Gasteiger partial charge in [0.15, 0.2) is 0 Å². The number of amides is 1. The zero-order chi connectivity index (χ0) is 26.5. The predicted molar refractivity (Wildman–Crippen MR) is 152 cm³/mol. The molecule has 200 valence electrons. The first kappa shape index (κ1) is 25.9. The highest BCUT2D eigenvalue weighted by molar-refractivity contribution is 5.80. The SMILES string of the molecule is COc1ccc(CNc2ccc(CC(=O)N3CCc4c(OC)ccc(N5CCN(C)CC5)c4C3)cc2)cc1. The van der Waals surface area contributed by atoms with E-state index >= 15 is 0 Å². The van der Waals surface area contributed by atoms with Crippen molar-refractivity contribution in [2.45, 2.75) is 25.9 Å². The van der Waals surface area contributed by atoms with Crippen LogP contribution in [-0.4, -0.2) is 69.7 Å².